The van der Waals surface area contributed by atoms with Crippen molar-refractivity contribution in [3.63, 3.8) is 0 Å². The second-order valence-electron chi connectivity index (χ2n) is 10.6. The van der Waals surface area contributed by atoms with Gasteiger partial charge in [-0.15, -0.1) is 0 Å². The SMILES string of the molecule is [2H]C1([2H])C[C@]2(C)C3C[C@H](O)[C@]4(C)[C@@H]([C@H](C)CCC(=O)O)CC[C@H]4C3CC[C@@H]2C([2H])([2H])[C@]1([2H])O. The summed E-state index contributed by atoms with van der Waals surface area (Å²) in [6.07, 6.45) is -3.96. The fourth-order valence-corrected chi connectivity index (χ4v) is 7.91. The van der Waals surface area contributed by atoms with Gasteiger partial charge in [-0.3, -0.25) is 4.79 Å². The fourth-order valence-electron chi connectivity index (χ4n) is 7.91. The molecule has 0 amide bonds. The summed E-state index contributed by atoms with van der Waals surface area (Å²) in [4.78, 5) is 11.1. The zero-order chi connectivity index (χ0) is 24.8. The first kappa shape index (κ1) is 15.2. The Morgan fingerprint density at radius 1 is 1.21 bits per heavy atom. The molecule has 4 saturated carbocycles. The molecule has 4 aliphatic rings. The van der Waals surface area contributed by atoms with E-state index in [-0.39, 0.29) is 47.8 Å². The number of aliphatic hydroxyl groups excluding tert-OH is 1. The monoisotopic (exact) mass is 397 g/mol. The van der Waals surface area contributed by atoms with Crippen LogP contribution >= 0.6 is 0 Å². The third-order valence-corrected chi connectivity index (χ3v) is 9.50. The third kappa shape index (κ3) is 3.05. The number of carbonyl (C=O) groups is 1. The van der Waals surface area contributed by atoms with Crippen LogP contribution in [0.3, 0.4) is 0 Å². The van der Waals surface area contributed by atoms with Crippen molar-refractivity contribution in [2.24, 2.45) is 46.3 Å². The molecule has 4 fully saturated rings. The second-order valence-corrected chi connectivity index (χ2v) is 10.6. The lowest BCUT2D eigenvalue weighted by molar-refractivity contribution is -0.175. The molecule has 0 saturated heterocycles. The Bertz CT molecular complexity index is 804. The molecule has 2 unspecified atom stereocenters. The van der Waals surface area contributed by atoms with Crippen molar-refractivity contribution in [3.05, 3.63) is 0 Å². The quantitative estimate of drug-likeness (QED) is 0.654. The maximum absolute atomic E-state index is 11.6. The number of hydrogen-bond donors (Lipinski definition) is 3. The van der Waals surface area contributed by atoms with Gasteiger partial charge in [-0.05, 0) is 104 Å². The Kier molecular flexibility index (Phi) is 3.95. The van der Waals surface area contributed by atoms with Crippen LogP contribution < -0.4 is 0 Å². The Labute approximate surface area is 177 Å². The zero-order valence-electron chi connectivity index (χ0n) is 22.4. The first-order chi connectivity index (χ1) is 15.0. The van der Waals surface area contributed by atoms with Crippen molar-refractivity contribution < 1.29 is 27.0 Å². The molecular formula is C24H40O4. The Morgan fingerprint density at radius 2 is 1.96 bits per heavy atom. The summed E-state index contributed by atoms with van der Waals surface area (Å²) in [6.45, 7) is 6.18. The lowest BCUT2D eigenvalue weighted by atomic mass is 9.43. The summed E-state index contributed by atoms with van der Waals surface area (Å²) < 4.78 is 42.3. The molecule has 0 spiro atoms. The van der Waals surface area contributed by atoms with Crippen molar-refractivity contribution >= 4 is 5.97 Å². The third-order valence-electron chi connectivity index (χ3n) is 9.50. The number of aliphatic carboxylic acids is 1. The van der Waals surface area contributed by atoms with Crippen LogP contribution in [0, 0.1) is 46.3 Å². The molecule has 0 aromatic carbocycles. The molecule has 0 radical (unpaired) electrons. The summed E-state index contributed by atoms with van der Waals surface area (Å²) in [5, 5.41) is 31.3. The Balaban J connectivity index is 1.66. The predicted octanol–water partition coefficient (Wildman–Crippen LogP) is 4.48. The van der Waals surface area contributed by atoms with Crippen LogP contribution in [0.25, 0.3) is 0 Å². The summed E-state index contributed by atoms with van der Waals surface area (Å²) in [6, 6.07) is 0. The number of carboxylic acids is 1. The van der Waals surface area contributed by atoms with Gasteiger partial charge in [-0.2, -0.15) is 0 Å². The minimum absolute atomic E-state index is 0.0707. The Morgan fingerprint density at radius 3 is 2.68 bits per heavy atom. The average Bonchev–Trinajstić information content (AvgIpc) is 3.04. The molecule has 4 rings (SSSR count). The molecule has 4 nitrogen and oxygen atoms in total. The van der Waals surface area contributed by atoms with Gasteiger partial charge in [-0.1, -0.05) is 20.8 Å². The van der Waals surface area contributed by atoms with E-state index in [0.717, 1.165) is 19.3 Å². The predicted molar refractivity (Wildman–Crippen MR) is 109 cm³/mol. The van der Waals surface area contributed by atoms with E-state index in [4.69, 9.17) is 12.0 Å². The molecule has 0 bridgehead atoms. The minimum Gasteiger partial charge on any atom is -0.481 e. The summed E-state index contributed by atoms with van der Waals surface area (Å²) in [7, 11) is 0. The van der Waals surface area contributed by atoms with Gasteiger partial charge in [0.2, 0.25) is 0 Å². The largest absolute Gasteiger partial charge is 0.481 e. The molecule has 160 valence electrons. The summed E-state index contributed by atoms with van der Waals surface area (Å²) in [5.74, 6) is -0.627. The lowest BCUT2D eigenvalue weighted by Gasteiger charge is -2.62. The van der Waals surface area contributed by atoms with Gasteiger partial charge in [0.05, 0.1) is 13.6 Å². The van der Waals surface area contributed by atoms with E-state index in [1.54, 1.807) is 0 Å². The molecule has 4 aliphatic carbocycles. The smallest absolute Gasteiger partial charge is 0.303 e. The van der Waals surface area contributed by atoms with E-state index >= 15 is 0 Å². The maximum atomic E-state index is 11.6. The van der Waals surface area contributed by atoms with Crippen LogP contribution in [-0.4, -0.2) is 33.5 Å². The van der Waals surface area contributed by atoms with Crippen LogP contribution in [0.2, 0.25) is 0 Å². The first-order valence-corrected chi connectivity index (χ1v) is 11.1. The van der Waals surface area contributed by atoms with Crippen molar-refractivity contribution in [1.29, 1.82) is 0 Å². The number of fused-ring (bicyclic) bond motifs is 5. The van der Waals surface area contributed by atoms with E-state index in [0.29, 0.717) is 19.3 Å². The van der Waals surface area contributed by atoms with Gasteiger partial charge >= 0.3 is 5.97 Å². The van der Waals surface area contributed by atoms with Crippen molar-refractivity contribution in [1.82, 2.24) is 0 Å². The highest BCUT2D eigenvalue weighted by molar-refractivity contribution is 5.66. The van der Waals surface area contributed by atoms with Crippen LogP contribution in [-0.2, 0) is 4.79 Å². The van der Waals surface area contributed by atoms with Gasteiger partial charge in [0.1, 0.15) is 0 Å². The molecular weight excluding hydrogens is 352 g/mol. The first-order valence-electron chi connectivity index (χ1n) is 13.6. The molecule has 0 aromatic heterocycles. The minimum atomic E-state index is -2.81. The highest BCUT2D eigenvalue weighted by atomic mass is 16.4. The molecule has 4 heteroatoms. The number of hydrogen-bond acceptors (Lipinski definition) is 3. The molecule has 28 heavy (non-hydrogen) atoms. The van der Waals surface area contributed by atoms with Gasteiger partial charge in [0, 0.05) is 11.9 Å². The number of aliphatic hydroxyl groups is 2. The number of rotatable bonds is 4. The van der Waals surface area contributed by atoms with Crippen LogP contribution in [0.4, 0.5) is 0 Å². The molecule has 0 heterocycles. The number of carboxylic acid groups (broad SMARTS) is 1. The van der Waals surface area contributed by atoms with E-state index < -0.39 is 42.2 Å². The van der Waals surface area contributed by atoms with E-state index in [9.17, 15) is 15.0 Å². The van der Waals surface area contributed by atoms with E-state index in [1.165, 1.54) is 0 Å². The summed E-state index contributed by atoms with van der Waals surface area (Å²) >= 11 is 0. The van der Waals surface area contributed by atoms with Crippen molar-refractivity contribution in [3.8, 4) is 0 Å². The maximum Gasteiger partial charge on any atom is 0.303 e. The molecule has 10 atom stereocenters. The van der Waals surface area contributed by atoms with Crippen LogP contribution in [0.15, 0.2) is 0 Å². The van der Waals surface area contributed by atoms with Crippen LogP contribution in [0.5, 0.6) is 0 Å². The van der Waals surface area contributed by atoms with Crippen molar-refractivity contribution in [2.75, 3.05) is 0 Å². The van der Waals surface area contributed by atoms with E-state index in [1.807, 2.05) is 6.92 Å². The molecule has 3 N–H and O–H groups in total. The van der Waals surface area contributed by atoms with E-state index in [2.05, 4.69) is 13.8 Å². The van der Waals surface area contributed by atoms with Gasteiger partial charge in [0.25, 0.3) is 0 Å². The van der Waals surface area contributed by atoms with Gasteiger partial charge < -0.3 is 15.3 Å². The average molecular weight is 398 g/mol. The highest BCUT2D eigenvalue weighted by Gasteiger charge is 2.63. The molecule has 0 aliphatic heterocycles. The molecule has 0 aromatic rings. The fraction of sp³-hybridized carbons (Fsp3) is 0.958. The standard InChI is InChI=1S/C24H40O4/c1-14(4-9-22(27)28)18-7-8-19-17-6-5-15-12-16(25)10-11-23(15,2)20(17)13-21(26)24(18,19)3/h14-21,25-26H,4-13H2,1-3H3,(H,27,28)/t14-,15-,16-,17?,18-,19+,20?,21+,23+,24-/m1/s1/i10D2,12D2,16D. The lowest BCUT2D eigenvalue weighted by Crippen LogP contribution is -2.58. The normalized spacial score (nSPS) is 60.5. The zero-order valence-corrected chi connectivity index (χ0v) is 17.4. The van der Waals surface area contributed by atoms with Crippen molar-refractivity contribution in [2.45, 2.75) is 97.1 Å². The van der Waals surface area contributed by atoms with Gasteiger partial charge in [-0.25, -0.2) is 0 Å². The van der Waals surface area contributed by atoms with Crippen LogP contribution in [0.1, 0.15) is 91.7 Å². The highest BCUT2D eigenvalue weighted by Crippen LogP contribution is 2.68. The summed E-state index contributed by atoms with van der Waals surface area (Å²) in [5.41, 5.74) is -1.08. The van der Waals surface area contributed by atoms with Gasteiger partial charge in [0.15, 0.2) is 0 Å². The Hall–Kier alpha value is -0.610. The second kappa shape index (κ2) is 7.27. The topological polar surface area (TPSA) is 77.8 Å².